The summed E-state index contributed by atoms with van der Waals surface area (Å²) in [4.78, 5) is 13.6. The van der Waals surface area contributed by atoms with Gasteiger partial charge in [-0.1, -0.05) is 13.8 Å². The Morgan fingerprint density at radius 3 is 2.70 bits per heavy atom. The second-order valence-corrected chi connectivity index (χ2v) is 8.25. The van der Waals surface area contributed by atoms with Crippen molar-refractivity contribution >= 4 is 28.0 Å². The van der Waals surface area contributed by atoms with E-state index >= 15 is 0 Å². The van der Waals surface area contributed by atoms with Gasteiger partial charge in [0.05, 0.1) is 29.4 Å². The molecule has 3 aromatic rings. The van der Waals surface area contributed by atoms with Gasteiger partial charge in [-0.05, 0) is 32.3 Å². The van der Waals surface area contributed by atoms with Gasteiger partial charge < -0.3 is 19.6 Å². The van der Waals surface area contributed by atoms with E-state index in [-0.39, 0.29) is 11.5 Å². The molecule has 0 fully saturated rings. The van der Waals surface area contributed by atoms with Crippen LogP contribution in [0.5, 0.6) is 0 Å². The maximum absolute atomic E-state index is 9.58. The van der Waals surface area contributed by atoms with E-state index in [1.165, 1.54) is 11.9 Å². The highest BCUT2D eigenvalue weighted by molar-refractivity contribution is 6.06. The Hall–Kier alpha value is -2.25. The molecule has 1 aliphatic rings. The van der Waals surface area contributed by atoms with Crippen LogP contribution in [0.15, 0.2) is 10.7 Å². The smallest absolute Gasteiger partial charge is 0.229 e. The van der Waals surface area contributed by atoms with E-state index in [1.54, 1.807) is 6.92 Å². The molecule has 4 heterocycles. The number of nitrogens with one attached hydrogen (secondary N) is 1. The number of rotatable bonds is 4. The summed E-state index contributed by atoms with van der Waals surface area (Å²) in [5.41, 5.74) is 5.04. The van der Waals surface area contributed by atoms with Crippen molar-refractivity contribution in [2.45, 2.75) is 65.3 Å². The number of anilines is 1. The molecule has 0 bridgehead atoms. The second kappa shape index (κ2) is 6.42. The fourth-order valence-electron chi connectivity index (χ4n) is 3.68. The number of ether oxygens (including phenoxy) is 1. The largest absolute Gasteiger partial charge is 0.432 e. The van der Waals surface area contributed by atoms with Gasteiger partial charge in [-0.15, -0.1) is 0 Å². The Labute approximate surface area is 158 Å². The first-order chi connectivity index (χ1) is 12.8. The molecule has 0 unspecified atom stereocenters. The topological polar surface area (TPSA) is 93.3 Å². The Kier molecular flexibility index (Phi) is 4.31. The number of aliphatic hydroxyl groups excluding tert-OH is 1. The minimum absolute atomic E-state index is 0.250. The summed E-state index contributed by atoms with van der Waals surface area (Å²) in [5, 5.41) is 13.7. The molecule has 0 aliphatic carbocycles. The van der Waals surface area contributed by atoms with E-state index in [9.17, 15) is 5.11 Å². The summed E-state index contributed by atoms with van der Waals surface area (Å²) in [6.45, 7) is 11.1. The van der Waals surface area contributed by atoms with Gasteiger partial charge >= 0.3 is 0 Å². The first-order valence-corrected chi connectivity index (χ1v) is 9.41. The van der Waals surface area contributed by atoms with Gasteiger partial charge in [-0.3, -0.25) is 0 Å². The van der Waals surface area contributed by atoms with Crippen LogP contribution in [0.4, 0.5) is 5.82 Å². The maximum atomic E-state index is 9.58. The van der Waals surface area contributed by atoms with Crippen LogP contribution in [0.1, 0.15) is 57.4 Å². The Morgan fingerprint density at radius 1 is 1.22 bits per heavy atom. The molecule has 4 rings (SSSR count). The third kappa shape index (κ3) is 3.15. The summed E-state index contributed by atoms with van der Waals surface area (Å²) in [6, 6.07) is 0. The molecule has 3 aromatic heterocycles. The molecule has 7 nitrogen and oxygen atoms in total. The first-order valence-electron chi connectivity index (χ1n) is 9.41. The van der Waals surface area contributed by atoms with Gasteiger partial charge in [0.25, 0.3) is 0 Å². The summed E-state index contributed by atoms with van der Waals surface area (Å²) in [5.74, 6) is 0.838. The average molecular weight is 370 g/mol. The molecule has 0 radical (unpaired) electrons. The molecular weight excluding hydrogens is 344 g/mol. The highest BCUT2D eigenvalue weighted by Gasteiger charge is 2.32. The SMILES string of the molecule is CC(C)c1nc2oc3c(NC[C@H](C)O)ncnc3c2c2c1COC(C)(C)C2. The van der Waals surface area contributed by atoms with Crippen LogP contribution < -0.4 is 5.32 Å². The molecule has 0 saturated heterocycles. The van der Waals surface area contributed by atoms with Gasteiger partial charge in [-0.25, -0.2) is 15.0 Å². The number of pyridine rings is 1. The van der Waals surface area contributed by atoms with Crippen LogP contribution >= 0.6 is 0 Å². The van der Waals surface area contributed by atoms with Crippen LogP contribution in [0.25, 0.3) is 22.2 Å². The van der Waals surface area contributed by atoms with Crippen molar-refractivity contribution < 1.29 is 14.3 Å². The predicted octanol–water partition coefficient (Wildman–Crippen LogP) is 3.54. The highest BCUT2D eigenvalue weighted by Crippen LogP contribution is 2.40. The molecular formula is C20H26N4O3. The van der Waals surface area contributed by atoms with Gasteiger partial charge in [0.1, 0.15) is 11.8 Å². The van der Waals surface area contributed by atoms with Crippen molar-refractivity contribution in [1.82, 2.24) is 15.0 Å². The molecule has 0 saturated carbocycles. The van der Waals surface area contributed by atoms with Gasteiger partial charge in [-0.2, -0.15) is 0 Å². The molecule has 0 amide bonds. The molecule has 144 valence electrons. The lowest BCUT2D eigenvalue weighted by molar-refractivity contribution is -0.0402. The van der Waals surface area contributed by atoms with Crippen molar-refractivity contribution in [3.8, 4) is 0 Å². The summed E-state index contributed by atoms with van der Waals surface area (Å²) < 4.78 is 12.2. The van der Waals surface area contributed by atoms with Crippen molar-refractivity contribution in [3.63, 3.8) is 0 Å². The zero-order chi connectivity index (χ0) is 19.3. The van der Waals surface area contributed by atoms with E-state index in [0.29, 0.717) is 30.3 Å². The lowest BCUT2D eigenvalue weighted by Crippen LogP contribution is -2.33. The maximum Gasteiger partial charge on any atom is 0.229 e. The summed E-state index contributed by atoms with van der Waals surface area (Å²) in [7, 11) is 0. The second-order valence-electron chi connectivity index (χ2n) is 8.25. The van der Waals surface area contributed by atoms with Gasteiger partial charge in [0.2, 0.25) is 5.71 Å². The number of nitrogens with zero attached hydrogens (tertiary/aromatic N) is 3. The summed E-state index contributed by atoms with van der Waals surface area (Å²) in [6.07, 6.45) is 1.81. The predicted molar refractivity (Wildman–Crippen MR) is 104 cm³/mol. The number of fused-ring (bicyclic) bond motifs is 5. The standard InChI is InChI=1S/C20H26N4O3/c1-10(2)15-13-8-26-20(4,5)6-12(13)14-16-17(27-19(14)24-15)18(23-9-22-16)21-7-11(3)25/h9-11,25H,6-8H2,1-5H3,(H,21,22,23)/t11-/m0/s1. The lowest BCUT2D eigenvalue weighted by Gasteiger charge is -2.33. The highest BCUT2D eigenvalue weighted by atomic mass is 16.5. The first kappa shape index (κ1) is 18.1. The van der Waals surface area contributed by atoms with Crippen LogP contribution in [0.3, 0.4) is 0 Å². The van der Waals surface area contributed by atoms with Crippen LogP contribution in [-0.2, 0) is 17.8 Å². The quantitative estimate of drug-likeness (QED) is 0.725. The van der Waals surface area contributed by atoms with E-state index in [2.05, 4.69) is 43.0 Å². The molecule has 0 spiro atoms. The number of aliphatic hydroxyl groups is 1. The van der Waals surface area contributed by atoms with Crippen molar-refractivity contribution in [3.05, 3.63) is 23.1 Å². The molecule has 27 heavy (non-hydrogen) atoms. The van der Waals surface area contributed by atoms with E-state index in [4.69, 9.17) is 14.1 Å². The number of hydrogen-bond donors (Lipinski definition) is 2. The average Bonchev–Trinajstić information content (AvgIpc) is 2.97. The molecule has 7 heteroatoms. The zero-order valence-corrected chi connectivity index (χ0v) is 16.5. The minimum Gasteiger partial charge on any atom is -0.432 e. The Balaban J connectivity index is 1.99. The monoisotopic (exact) mass is 370 g/mol. The van der Waals surface area contributed by atoms with Crippen molar-refractivity contribution in [1.29, 1.82) is 0 Å². The number of aromatic nitrogens is 3. The van der Waals surface area contributed by atoms with Crippen LogP contribution in [0.2, 0.25) is 0 Å². The third-order valence-electron chi connectivity index (χ3n) is 4.97. The van der Waals surface area contributed by atoms with E-state index in [1.807, 2.05) is 0 Å². The normalized spacial score (nSPS) is 17.4. The number of furan rings is 1. The lowest BCUT2D eigenvalue weighted by atomic mass is 9.87. The van der Waals surface area contributed by atoms with Gasteiger partial charge in [0, 0.05) is 18.5 Å². The van der Waals surface area contributed by atoms with Crippen molar-refractivity contribution in [2.75, 3.05) is 11.9 Å². The van der Waals surface area contributed by atoms with E-state index in [0.717, 1.165) is 28.6 Å². The molecule has 1 aliphatic heterocycles. The van der Waals surface area contributed by atoms with Crippen LogP contribution in [0, 0.1) is 0 Å². The third-order valence-corrected chi connectivity index (χ3v) is 4.97. The Morgan fingerprint density at radius 2 is 2.00 bits per heavy atom. The zero-order valence-electron chi connectivity index (χ0n) is 16.5. The molecule has 1 atom stereocenters. The Bertz CT molecular complexity index is 1010. The van der Waals surface area contributed by atoms with Gasteiger partial charge in [0.15, 0.2) is 11.4 Å². The van der Waals surface area contributed by atoms with E-state index < -0.39 is 6.10 Å². The fourth-order valence-corrected chi connectivity index (χ4v) is 3.68. The summed E-state index contributed by atoms with van der Waals surface area (Å²) >= 11 is 0. The van der Waals surface area contributed by atoms with Crippen LogP contribution in [-0.4, -0.2) is 38.3 Å². The molecule has 2 N–H and O–H groups in total. The number of hydrogen-bond acceptors (Lipinski definition) is 7. The fraction of sp³-hybridized carbons (Fsp3) is 0.550. The van der Waals surface area contributed by atoms with Crippen molar-refractivity contribution in [2.24, 2.45) is 0 Å². The molecule has 0 aromatic carbocycles. The minimum atomic E-state index is -0.490.